The summed E-state index contributed by atoms with van der Waals surface area (Å²) < 4.78 is 5.52. The highest BCUT2D eigenvalue weighted by molar-refractivity contribution is 8.00. The van der Waals surface area contributed by atoms with Gasteiger partial charge in [0.2, 0.25) is 11.8 Å². The second kappa shape index (κ2) is 11.4. The van der Waals surface area contributed by atoms with E-state index in [2.05, 4.69) is 10.6 Å². The van der Waals surface area contributed by atoms with E-state index >= 15 is 0 Å². The summed E-state index contributed by atoms with van der Waals surface area (Å²) in [5.74, 6) is -1.84. The number of benzene rings is 2. The van der Waals surface area contributed by atoms with Gasteiger partial charge >= 0.3 is 5.97 Å². The lowest BCUT2D eigenvalue weighted by Crippen LogP contribution is -2.34. The molecule has 0 bridgehead atoms. The summed E-state index contributed by atoms with van der Waals surface area (Å²) in [5, 5.41) is 15.0. The van der Waals surface area contributed by atoms with Gasteiger partial charge in [-0.2, -0.15) is 0 Å². The van der Waals surface area contributed by atoms with Gasteiger partial charge in [0.25, 0.3) is 0 Å². The molecule has 1 aliphatic carbocycles. The SMILES string of the molecule is CCOc1ccccc1NC(=O)CSc1ccc(NC(=O)[C@H]2CC=CC[C@@H]2C(=O)O)cc1. The zero-order valence-corrected chi connectivity index (χ0v) is 18.6. The Morgan fingerprint density at radius 3 is 2.38 bits per heavy atom. The highest BCUT2D eigenvalue weighted by atomic mass is 32.2. The zero-order chi connectivity index (χ0) is 22.9. The van der Waals surface area contributed by atoms with Gasteiger partial charge in [0.15, 0.2) is 0 Å². The third kappa shape index (κ3) is 6.37. The molecule has 7 nitrogen and oxygen atoms in total. The fraction of sp³-hybridized carbons (Fsp3) is 0.292. The van der Waals surface area contributed by atoms with Crippen molar-refractivity contribution in [3.05, 3.63) is 60.7 Å². The first-order chi connectivity index (χ1) is 15.5. The highest BCUT2D eigenvalue weighted by Crippen LogP contribution is 2.28. The normalized spacial score (nSPS) is 17.4. The molecule has 1 aliphatic rings. The molecule has 32 heavy (non-hydrogen) atoms. The van der Waals surface area contributed by atoms with Crippen LogP contribution in [0.5, 0.6) is 5.75 Å². The average Bonchev–Trinajstić information content (AvgIpc) is 2.80. The number of aliphatic carboxylic acids is 1. The molecule has 0 spiro atoms. The summed E-state index contributed by atoms with van der Waals surface area (Å²) >= 11 is 1.37. The molecule has 0 aromatic heterocycles. The van der Waals surface area contributed by atoms with Gasteiger partial charge in [0.05, 0.1) is 29.9 Å². The Bertz CT molecular complexity index is 990. The van der Waals surface area contributed by atoms with Gasteiger partial charge in [0, 0.05) is 10.6 Å². The van der Waals surface area contributed by atoms with Gasteiger partial charge in [-0.05, 0) is 56.2 Å². The molecule has 0 unspecified atom stereocenters. The number of carbonyl (C=O) groups excluding carboxylic acids is 2. The second-order valence-electron chi connectivity index (χ2n) is 7.27. The average molecular weight is 455 g/mol. The maximum atomic E-state index is 12.6. The first-order valence-corrected chi connectivity index (χ1v) is 11.4. The largest absolute Gasteiger partial charge is 0.492 e. The number of anilines is 2. The number of para-hydroxylation sites is 2. The van der Waals surface area contributed by atoms with Gasteiger partial charge in [0.1, 0.15) is 5.75 Å². The molecule has 0 heterocycles. The van der Waals surface area contributed by atoms with E-state index in [0.29, 0.717) is 36.6 Å². The van der Waals surface area contributed by atoms with E-state index in [-0.39, 0.29) is 17.6 Å². The molecule has 0 aliphatic heterocycles. The number of carboxylic acids is 1. The summed E-state index contributed by atoms with van der Waals surface area (Å²) in [5.41, 5.74) is 1.23. The van der Waals surface area contributed by atoms with Gasteiger partial charge in [-0.1, -0.05) is 24.3 Å². The van der Waals surface area contributed by atoms with Crippen LogP contribution in [0.2, 0.25) is 0 Å². The van der Waals surface area contributed by atoms with Gasteiger partial charge in [-0.15, -0.1) is 11.8 Å². The number of carboxylic acid groups (broad SMARTS) is 1. The van der Waals surface area contributed by atoms with Crippen LogP contribution < -0.4 is 15.4 Å². The van der Waals surface area contributed by atoms with Crippen molar-refractivity contribution in [2.24, 2.45) is 11.8 Å². The number of hydrogen-bond donors (Lipinski definition) is 3. The van der Waals surface area contributed by atoms with Crippen LogP contribution in [0.25, 0.3) is 0 Å². The fourth-order valence-corrected chi connectivity index (χ4v) is 4.13. The monoisotopic (exact) mass is 454 g/mol. The van der Waals surface area contributed by atoms with Crippen molar-refractivity contribution in [2.45, 2.75) is 24.7 Å². The van der Waals surface area contributed by atoms with E-state index in [0.717, 1.165) is 4.90 Å². The van der Waals surface area contributed by atoms with Crippen molar-refractivity contribution in [3.63, 3.8) is 0 Å². The molecule has 2 atom stereocenters. The number of nitrogens with one attached hydrogen (secondary N) is 2. The summed E-state index contributed by atoms with van der Waals surface area (Å²) in [7, 11) is 0. The lowest BCUT2D eigenvalue weighted by molar-refractivity contribution is -0.146. The van der Waals surface area contributed by atoms with E-state index in [9.17, 15) is 19.5 Å². The molecule has 0 saturated carbocycles. The standard InChI is InChI=1S/C24H26N2O5S/c1-2-31-21-10-6-5-9-20(21)26-22(27)15-32-17-13-11-16(12-14-17)25-23(28)18-7-3-4-8-19(18)24(29)30/h3-6,9-14,18-19H,2,7-8,15H2,1H3,(H,25,28)(H,26,27)(H,29,30)/t18-,19-/m0/s1. The minimum absolute atomic E-state index is 0.149. The third-order valence-corrected chi connectivity index (χ3v) is 6.05. The highest BCUT2D eigenvalue weighted by Gasteiger charge is 2.33. The Hall–Kier alpha value is -3.26. The molecule has 2 aromatic rings. The quantitative estimate of drug-likeness (QED) is 0.383. The predicted molar refractivity (Wildman–Crippen MR) is 125 cm³/mol. The van der Waals surface area contributed by atoms with Crippen molar-refractivity contribution < 1.29 is 24.2 Å². The lowest BCUT2D eigenvalue weighted by Gasteiger charge is -2.24. The van der Waals surface area contributed by atoms with Crippen LogP contribution in [-0.2, 0) is 14.4 Å². The maximum absolute atomic E-state index is 12.6. The zero-order valence-electron chi connectivity index (χ0n) is 17.7. The molecule has 168 valence electrons. The molecule has 2 amide bonds. The van der Waals surface area contributed by atoms with E-state index < -0.39 is 17.8 Å². The van der Waals surface area contributed by atoms with Crippen LogP contribution in [0.4, 0.5) is 11.4 Å². The smallest absolute Gasteiger partial charge is 0.307 e. The van der Waals surface area contributed by atoms with Crippen LogP contribution in [0.3, 0.4) is 0 Å². The Balaban J connectivity index is 1.51. The molecule has 0 radical (unpaired) electrons. The van der Waals surface area contributed by atoms with E-state index in [4.69, 9.17) is 4.74 Å². The van der Waals surface area contributed by atoms with Crippen LogP contribution >= 0.6 is 11.8 Å². The van der Waals surface area contributed by atoms with Crippen LogP contribution in [0.1, 0.15) is 19.8 Å². The van der Waals surface area contributed by atoms with E-state index in [1.807, 2.05) is 43.3 Å². The minimum atomic E-state index is -0.955. The Morgan fingerprint density at radius 1 is 1.00 bits per heavy atom. The molecule has 3 N–H and O–H groups in total. The topological polar surface area (TPSA) is 105 Å². The number of amides is 2. The molecule has 3 rings (SSSR count). The second-order valence-corrected chi connectivity index (χ2v) is 8.32. The minimum Gasteiger partial charge on any atom is -0.492 e. The molecule has 8 heteroatoms. The molecule has 0 saturated heterocycles. The van der Waals surface area contributed by atoms with Gasteiger partial charge in [-0.3, -0.25) is 14.4 Å². The summed E-state index contributed by atoms with van der Waals surface area (Å²) in [6, 6.07) is 14.4. The first kappa shape index (κ1) is 23.4. The van der Waals surface area contributed by atoms with Crippen molar-refractivity contribution in [1.82, 2.24) is 0 Å². The van der Waals surface area contributed by atoms with Gasteiger partial charge in [-0.25, -0.2) is 0 Å². The Morgan fingerprint density at radius 2 is 1.69 bits per heavy atom. The van der Waals surface area contributed by atoms with Crippen molar-refractivity contribution in [2.75, 3.05) is 23.0 Å². The van der Waals surface area contributed by atoms with Crippen molar-refractivity contribution >= 4 is 40.9 Å². The van der Waals surface area contributed by atoms with E-state index in [1.165, 1.54) is 11.8 Å². The molecule has 0 fully saturated rings. The maximum Gasteiger partial charge on any atom is 0.307 e. The Kier molecular flexibility index (Phi) is 8.33. The number of hydrogen-bond acceptors (Lipinski definition) is 5. The molecule has 2 aromatic carbocycles. The summed E-state index contributed by atoms with van der Waals surface area (Å²) in [6.45, 7) is 2.40. The van der Waals surface area contributed by atoms with Crippen LogP contribution in [0.15, 0.2) is 65.6 Å². The summed E-state index contributed by atoms with van der Waals surface area (Å²) in [4.78, 5) is 37.1. The number of allylic oxidation sites excluding steroid dienone is 2. The lowest BCUT2D eigenvalue weighted by atomic mass is 9.82. The van der Waals surface area contributed by atoms with Crippen molar-refractivity contribution in [3.8, 4) is 5.75 Å². The number of rotatable bonds is 9. The number of ether oxygens (including phenoxy) is 1. The predicted octanol–water partition coefficient (Wildman–Crippen LogP) is 4.42. The Labute approximate surface area is 191 Å². The number of carbonyl (C=O) groups is 3. The summed E-state index contributed by atoms with van der Waals surface area (Å²) in [6.07, 6.45) is 4.43. The molecular weight excluding hydrogens is 428 g/mol. The molecular formula is C24H26N2O5S. The van der Waals surface area contributed by atoms with Gasteiger partial charge < -0.3 is 20.5 Å². The first-order valence-electron chi connectivity index (χ1n) is 10.4. The van der Waals surface area contributed by atoms with Crippen LogP contribution in [0, 0.1) is 11.8 Å². The van der Waals surface area contributed by atoms with Crippen molar-refractivity contribution in [1.29, 1.82) is 0 Å². The van der Waals surface area contributed by atoms with Crippen LogP contribution in [-0.4, -0.2) is 35.2 Å². The third-order valence-electron chi connectivity index (χ3n) is 5.04. The van der Waals surface area contributed by atoms with E-state index in [1.54, 1.807) is 24.3 Å². The number of thioether (sulfide) groups is 1. The fourth-order valence-electron chi connectivity index (χ4n) is 3.43.